The fourth-order valence-corrected chi connectivity index (χ4v) is 2.53. The zero-order chi connectivity index (χ0) is 15.4. The lowest BCUT2D eigenvalue weighted by Gasteiger charge is -2.17. The van der Waals surface area contributed by atoms with Crippen LogP contribution in [0.2, 0.25) is 10.0 Å². The topological polar surface area (TPSA) is 54.0 Å². The van der Waals surface area contributed by atoms with E-state index in [9.17, 15) is 4.79 Å². The number of anilines is 1. The number of halogens is 2. The molecule has 0 spiro atoms. The summed E-state index contributed by atoms with van der Waals surface area (Å²) in [6.07, 6.45) is 1.59. The largest absolute Gasteiger partial charge is 0.378 e. The van der Waals surface area contributed by atoms with Crippen molar-refractivity contribution >= 4 is 34.8 Å². The molecule has 0 saturated heterocycles. The Morgan fingerprint density at radius 1 is 1.24 bits per heavy atom. The molecule has 4 nitrogen and oxygen atoms in total. The smallest absolute Gasteiger partial charge is 0.269 e. The van der Waals surface area contributed by atoms with Crippen molar-refractivity contribution in [3.8, 4) is 0 Å². The molecular weight excluding hydrogens is 309 g/mol. The molecular formula is C15H15Cl2N3O. The third-order valence-electron chi connectivity index (χ3n) is 3.03. The van der Waals surface area contributed by atoms with Crippen molar-refractivity contribution < 1.29 is 4.79 Å². The fourth-order valence-electron chi connectivity index (χ4n) is 1.95. The molecule has 1 aromatic heterocycles. The van der Waals surface area contributed by atoms with Gasteiger partial charge in [-0.1, -0.05) is 29.3 Å². The maximum Gasteiger partial charge on any atom is 0.269 e. The Balaban J connectivity index is 2.19. The number of carbonyl (C=O) groups excluding carboxylic acids is 1. The van der Waals surface area contributed by atoms with E-state index >= 15 is 0 Å². The highest BCUT2D eigenvalue weighted by Gasteiger charge is 2.11. The van der Waals surface area contributed by atoms with Gasteiger partial charge in [0.05, 0.1) is 0 Å². The molecule has 1 amide bonds. The zero-order valence-electron chi connectivity index (χ0n) is 11.7. The summed E-state index contributed by atoms with van der Waals surface area (Å²) in [5, 5.41) is 7.03. The van der Waals surface area contributed by atoms with Crippen LogP contribution in [0.15, 0.2) is 36.5 Å². The minimum Gasteiger partial charge on any atom is -0.378 e. The summed E-state index contributed by atoms with van der Waals surface area (Å²) in [6.45, 7) is 1.98. The molecule has 0 aliphatic rings. The highest BCUT2D eigenvalue weighted by atomic mass is 35.5. The van der Waals surface area contributed by atoms with Gasteiger partial charge in [0.15, 0.2) is 0 Å². The maximum atomic E-state index is 11.6. The molecule has 1 heterocycles. The van der Waals surface area contributed by atoms with Crippen molar-refractivity contribution in [2.24, 2.45) is 0 Å². The molecule has 0 bridgehead atoms. The lowest BCUT2D eigenvalue weighted by atomic mass is 10.1. The summed E-state index contributed by atoms with van der Waals surface area (Å²) in [6, 6.07) is 8.84. The average Bonchev–Trinajstić information content (AvgIpc) is 2.46. The highest BCUT2D eigenvalue weighted by molar-refractivity contribution is 6.35. The number of pyridine rings is 1. The predicted octanol–water partition coefficient (Wildman–Crippen LogP) is 3.92. The third-order valence-corrected chi connectivity index (χ3v) is 3.59. The lowest BCUT2D eigenvalue weighted by Crippen LogP contribution is -2.19. The summed E-state index contributed by atoms with van der Waals surface area (Å²) in [4.78, 5) is 15.6. The second kappa shape index (κ2) is 6.78. The van der Waals surface area contributed by atoms with Gasteiger partial charge in [-0.15, -0.1) is 0 Å². The number of amides is 1. The van der Waals surface area contributed by atoms with Crippen LogP contribution in [-0.4, -0.2) is 17.9 Å². The second-order valence-corrected chi connectivity index (χ2v) is 5.38. The quantitative estimate of drug-likeness (QED) is 0.896. The standard InChI is InChI=1S/C15H15Cl2N3O/c1-9(12-4-3-10(16)7-13(12)17)20-11-5-6-19-14(8-11)15(21)18-2/h3-9H,1-2H3,(H,18,21)(H,19,20). The van der Waals surface area contributed by atoms with Gasteiger partial charge in [-0.25, -0.2) is 0 Å². The first kappa shape index (κ1) is 15.6. The van der Waals surface area contributed by atoms with Crippen LogP contribution in [0, 0.1) is 0 Å². The van der Waals surface area contributed by atoms with Crippen LogP contribution in [-0.2, 0) is 0 Å². The molecule has 0 aliphatic carbocycles. The Morgan fingerprint density at radius 2 is 2.00 bits per heavy atom. The molecule has 0 aliphatic heterocycles. The molecule has 0 radical (unpaired) electrons. The number of nitrogens with zero attached hydrogens (tertiary/aromatic N) is 1. The summed E-state index contributed by atoms with van der Waals surface area (Å²) in [5.74, 6) is -0.226. The Labute approximate surface area is 133 Å². The monoisotopic (exact) mass is 323 g/mol. The van der Waals surface area contributed by atoms with Gasteiger partial charge < -0.3 is 10.6 Å². The molecule has 1 aromatic carbocycles. The van der Waals surface area contributed by atoms with Gasteiger partial charge in [0, 0.05) is 35.0 Å². The molecule has 1 unspecified atom stereocenters. The van der Waals surface area contributed by atoms with E-state index < -0.39 is 0 Å². The molecule has 110 valence electrons. The van der Waals surface area contributed by atoms with Crippen LogP contribution in [0.4, 0.5) is 5.69 Å². The number of hydrogen-bond donors (Lipinski definition) is 2. The molecule has 0 fully saturated rings. The van der Waals surface area contributed by atoms with E-state index in [1.54, 1.807) is 37.5 Å². The lowest BCUT2D eigenvalue weighted by molar-refractivity contribution is 0.0958. The van der Waals surface area contributed by atoms with Crippen LogP contribution in [0.1, 0.15) is 29.0 Å². The normalized spacial score (nSPS) is 11.8. The van der Waals surface area contributed by atoms with Gasteiger partial charge in [0.2, 0.25) is 0 Å². The van der Waals surface area contributed by atoms with Crippen LogP contribution in [0.3, 0.4) is 0 Å². The van der Waals surface area contributed by atoms with E-state index in [2.05, 4.69) is 15.6 Å². The first-order chi connectivity index (χ1) is 10.0. The first-order valence-corrected chi connectivity index (χ1v) is 7.16. The number of nitrogens with one attached hydrogen (secondary N) is 2. The number of carbonyl (C=O) groups is 1. The minimum absolute atomic E-state index is 0.0327. The summed E-state index contributed by atoms with van der Waals surface area (Å²) >= 11 is 12.1. The van der Waals surface area contributed by atoms with Gasteiger partial charge >= 0.3 is 0 Å². The van der Waals surface area contributed by atoms with Crippen molar-refractivity contribution in [1.82, 2.24) is 10.3 Å². The van der Waals surface area contributed by atoms with Crippen molar-refractivity contribution in [2.45, 2.75) is 13.0 Å². The van der Waals surface area contributed by atoms with Crippen LogP contribution >= 0.6 is 23.2 Å². The second-order valence-electron chi connectivity index (χ2n) is 4.54. The Hall–Kier alpha value is -1.78. The number of benzene rings is 1. The summed E-state index contributed by atoms with van der Waals surface area (Å²) in [5.41, 5.74) is 2.08. The summed E-state index contributed by atoms with van der Waals surface area (Å²) in [7, 11) is 1.57. The Morgan fingerprint density at radius 3 is 2.67 bits per heavy atom. The molecule has 2 aromatic rings. The summed E-state index contributed by atoms with van der Waals surface area (Å²) < 4.78 is 0. The van der Waals surface area contributed by atoms with Gasteiger partial charge in [-0.2, -0.15) is 0 Å². The van der Waals surface area contributed by atoms with Crippen LogP contribution < -0.4 is 10.6 Å². The zero-order valence-corrected chi connectivity index (χ0v) is 13.2. The SMILES string of the molecule is CNC(=O)c1cc(NC(C)c2ccc(Cl)cc2Cl)ccn1. The first-order valence-electron chi connectivity index (χ1n) is 6.41. The van der Waals surface area contributed by atoms with E-state index in [0.717, 1.165) is 11.3 Å². The molecule has 21 heavy (non-hydrogen) atoms. The van der Waals surface area contributed by atoms with E-state index in [1.165, 1.54) is 0 Å². The number of hydrogen-bond acceptors (Lipinski definition) is 3. The Kier molecular flexibility index (Phi) is 5.04. The minimum atomic E-state index is -0.226. The maximum absolute atomic E-state index is 11.6. The van der Waals surface area contributed by atoms with E-state index in [0.29, 0.717) is 15.7 Å². The number of rotatable bonds is 4. The predicted molar refractivity (Wildman–Crippen MR) is 86.1 cm³/mol. The molecule has 6 heteroatoms. The van der Waals surface area contributed by atoms with E-state index in [4.69, 9.17) is 23.2 Å². The molecule has 0 saturated carbocycles. The van der Waals surface area contributed by atoms with E-state index in [-0.39, 0.29) is 11.9 Å². The Bertz CT molecular complexity index is 661. The van der Waals surface area contributed by atoms with Crippen molar-refractivity contribution in [3.05, 3.63) is 57.8 Å². The molecule has 2 N–H and O–H groups in total. The van der Waals surface area contributed by atoms with Gasteiger partial charge in [-0.05, 0) is 36.8 Å². The van der Waals surface area contributed by atoms with Crippen molar-refractivity contribution in [3.63, 3.8) is 0 Å². The van der Waals surface area contributed by atoms with Crippen LogP contribution in [0.5, 0.6) is 0 Å². The van der Waals surface area contributed by atoms with Gasteiger partial charge in [-0.3, -0.25) is 9.78 Å². The van der Waals surface area contributed by atoms with Crippen molar-refractivity contribution in [1.29, 1.82) is 0 Å². The third kappa shape index (κ3) is 3.86. The van der Waals surface area contributed by atoms with Crippen LogP contribution in [0.25, 0.3) is 0 Å². The van der Waals surface area contributed by atoms with E-state index in [1.807, 2.05) is 13.0 Å². The molecule has 2 rings (SSSR count). The number of aromatic nitrogens is 1. The van der Waals surface area contributed by atoms with Gasteiger partial charge in [0.1, 0.15) is 5.69 Å². The average molecular weight is 324 g/mol. The fraction of sp³-hybridized carbons (Fsp3) is 0.200. The highest BCUT2D eigenvalue weighted by Crippen LogP contribution is 2.28. The molecule has 1 atom stereocenters. The van der Waals surface area contributed by atoms with Crippen molar-refractivity contribution in [2.75, 3.05) is 12.4 Å². The van der Waals surface area contributed by atoms with Gasteiger partial charge in [0.25, 0.3) is 5.91 Å².